The average molecular weight is 329 g/mol. The predicted octanol–water partition coefficient (Wildman–Crippen LogP) is 1.94. The first-order chi connectivity index (χ1) is 10.1. The van der Waals surface area contributed by atoms with Crippen LogP contribution in [0.2, 0.25) is 0 Å². The second kappa shape index (κ2) is 7.55. The van der Waals surface area contributed by atoms with Crippen LogP contribution in [0.3, 0.4) is 0 Å². The van der Waals surface area contributed by atoms with Gasteiger partial charge in [0.25, 0.3) is 0 Å². The summed E-state index contributed by atoms with van der Waals surface area (Å²) in [5.74, 6) is -1.13. The van der Waals surface area contributed by atoms with E-state index in [4.69, 9.17) is 4.74 Å². The summed E-state index contributed by atoms with van der Waals surface area (Å²) < 4.78 is 5.63. The second-order valence-corrected chi connectivity index (χ2v) is 7.00. The molecule has 2 amide bonds. The fourth-order valence-electron chi connectivity index (χ4n) is 1.87. The standard InChI is InChI=1S/C14H23N3O4S/c1-9(21-14(2,3)4)11(12(18)19)16-13(20)17(5)7-10-6-15-8-22-10/h6,8-9,11H,7H2,1-5H3,(H,16,20)(H,18,19)/t9?,11-/m0/s1. The first-order valence-electron chi connectivity index (χ1n) is 6.90. The number of aromatic nitrogens is 1. The minimum atomic E-state index is -1.13. The largest absolute Gasteiger partial charge is 0.480 e. The van der Waals surface area contributed by atoms with Gasteiger partial charge in [-0.15, -0.1) is 11.3 Å². The van der Waals surface area contributed by atoms with Gasteiger partial charge in [0.2, 0.25) is 0 Å². The third-order valence-corrected chi connectivity index (χ3v) is 3.54. The fourth-order valence-corrected chi connectivity index (χ4v) is 2.52. The molecule has 2 atom stereocenters. The number of carbonyl (C=O) groups is 2. The van der Waals surface area contributed by atoms with E-state index in [1.165, 1.54) is 16.2 Å². The molecule has 0 spiro atoms. The van der Waals surface area contributed by atoms with Crippen LogP contribution in [0.1, 0.15) is 32.6 Å². The SMILES string of the molecule is CC(OC(C)(C)C)[C@H](NC(=O)N(C)Cc1cncs1)C(=O)O. The number of urea groups is 1. The van der Waals surface area contributed by atoms with Gasteiger partial charge in [0.1, 0.15) is 0 Å². The van der Waals surface area contributed by atoms with Gasteiger partial charge in [-0.2, -0.15) is 0 Å². The Morgan fingerprint density at radius 2 is 2.14 bits per heavy atom. The van der Waals surface area contributed by atoms with Gasteiger partial charge in [0.05, 0.1) is 23.8 Å². The first kappa shape index (κ1) is 18.4. The molecule has 0 aromatic carbocycles. The Morgan fingerprint density at radius 3 is 2.59 bits per heavy atom. The summed E-state index contributed by atoms with van der Waals surface area (Å²) in [5, 5.41) is 11.8. The van der Waals surface area contributed by atoms with Crippen molar-refractivity contribution in [3.05, 3.63) is 16.6 Å². The van der Waals surface area contributed by atoms with Crippen LogP contribution in [0, 0.1) is 0 Å². The number of amides is 2. The van der Waals surface area contributed by atoms with E-state index in [1.54, 1.807) is 25.7 Å². The number of ether oxygens (including phenoxy) is 1. The van der Waals surface area contributed by atoms with E-state index < -0.39 is 29.7 Å². The van der Waals surface area contributed by atoms with Crippen molar-refractivity contribution < 1.29 is 19.4 Å². The Balaban J connectivity index is 2.65. The van der Waals surface area contributed by atoms with Crippen molar-refractivity contribution in [3.63, 3.8) is 0 Å². The van der Waals surface area contributed by atoms with Gasteiger partial charge in [0, 0.05) is 18.1 Å². The number of hydrogen-bond acceptors (Lipinski definition) is 5. The maximum absolute atomic E-state index is 12.1. The molecule has 124 valence electrons. The lowest BCUT2D eigenvalue weighted by molar-refractivity contribution is -0.146. The van der Waals surface area contributed by atoms with E-state index in [0.717, 1.165) is 4.88 Å². The van der Waals surface area contributed by atoms with Crippen LogP contribution < -0.4 is 5.32 Å². The maximum atomic E-state index is 12.1. The van der Waals surface area contributed by atoms with E-state index in [9.17, 15) is 14.7 Å². The summed E-state index contributed by atoms with van der Waals surface area (Å²) >= 11 is 1.43. The smallest absolute Gasteiger partial charge is 0.328 e. The molecule has 22 heavy (non-hydrogen) atoms. The van der Waals surface area contributed by atoms with E-state index >= 15 is 0 Å². The predicted molar refractivity (Wildman–Crippen MR) is 83.8 cm³/mol. The molecule has 0 aliphatic heterocycles. The third-order valence-electron chi connectivity index (χ3n) is 2.78. The highest BCUT2D eigenvalue weighted by atomic mass is 32.1. The van der Waals surface area contributed by atoms with Gasteiger partial charge in [-0.3, -0.25) is 4.98 Å². The Labute approximate surface area is 134 Å². The van der Waals surface area contributed by atoms with Crippen LogP contribution in [0.15, 0.2) is 11.7 Å². The number of carboxylic acid groups (broad SMARTS) is 1. The molecule has 0 aliphatic rings. The van der Waals surface area contributed by atoms with E-state index in [0.29, 0.717) is 6.54 Å². The Kier molecular flexibility index (Phi) is 6.31. The number of nitrogens with one attached hydrogen (secondary N) is 1. The fraction of sp³-hybridized carbons (Fsp3) is 0.643. The highest BCUT2D eigenvalue weighted by Crippen LogP contribution is 2.14. The zero-order valence-electron chi connectivity index (χ0n) is 13.5. The van der Waals surface area contributed by atoms with Gasteiger partial charge in [-0.25, -0.2) is 9.59 Å². The second-order valence-electron chi connectivity index (χ2n) is 6.02. The number of rotatable bonds is 6. The molecule has 1 rings (SSSR count). The number of hydrogen-bond donors (Lipinski definition) is 2. The molecule has 1 aromatic heterocycles. The molecule has 7 nitrogen and oxygen atoms in total. The molecule has 8 heteroatoms. The van der Waals surface area contributed by atoms with Crippen molar-refractivity contribution in [1.82, 2.24) is 15.2 Å². The van der Waals surface area contributed by atoms with E-state index in [2.05, 4.69) is 10.3 Å². The zero-order valence-corrected chi connectivity index (χ0v) is 14.3. The van der Waals surface area contributed by atoms with Gasteiger partial charge in [0.15, 0.2) is 6.04 Å². The molecule has 0 saturated carbocycles. The van der Waals surface area contributed by atoms with Gasteiger partial charge < -0.3 is 20.1 Å². The first-order valence-corrected chi connectivity index (χ1v) is 7.77. The Bertz CT molecular complexity index is 499. The Hall–Kier alpha value is -1.67. The van der Waals surface area contributed by atoms with Gasteiger partial charge in [-0.1, -0.05) is 0 Å². The van der Waals surface area contributed by atoms with Crippen LogP contribution in [0.25, 0.3) is 0 Å². The van der Waals surface area contributed by atoms with E-state index in [-0.39, 0.29) is 0 Å². The van der Waals surface area contributed by atoms with Crippen LogP contribution >= 0.6 is 11.3 Å². The van der Waals surface area contributed by atoms with Crippen molar-refractivity contribution >= 4 is 23.3 Å². The van der Waals surface area contributed by atoms with Crippen LogP contribution in [0.5, 0.6) is 0 Å². The van der Waals surface area contributed by atoms with Crippen molar-refractivity contribution in [1.29, 1.82) is 0 Å². The van der Waals surface area contributed by atoms with Crippen molar-refractivity contribution in [2.24, 2.45) is 0 Å². The zero-order chi connectivity index (χ0) is 16.9. The summed E-state index contributed by atoms with van der Waals surface area (Å²) in [4.78, 5) is 29.8. The highest BCUT2D eigenvalue weighted by Gasteiger charge is 2.31. The maximum Gasteiger partial charge on any atom is 0.328 e. The lowest BCUT2D eigenvalue weighted by atomic mass is 10.1. The molecule has 0 fully saturated rings. The van der Waals surface area contributed by atoms with Crippen molar-refractivity contribution in [2.75, 3.05) is 7.05 Å². The molecule has 1 heterocycles. The number of aliphatic carboxylic acids is 1. The van der Waals surface area contributed by atoms with Gasteiger partial charge in [-0.05, 0) is 27.7 Å². The summed E-state index contributed by atoms with van der Waals surface area (Å²) in [6, 6.07) is -1.58. The molecule has 0 aliphatic carbocycles. The number of carboxylic acids is 1. The van der Waals surface area contributed by atoms with Crippen LogP contribution in [-0.2, 0) is 16.1 Å². The number of carbonyl (C=O) groups excluding carboxylic acids is 1. The summed E-state index contributed by atoms with van der Waals surface area (Å²) in [7, 11) is 1.60. The average Bonchev–Trinajstić information content (AvgIpc) is 2.85. The number of nitrogens with zero attached hydrogens (tertiary/aromatic N) is 2. The summed E-state index contributed by atoms with van der Waals surface area (Å²) in [6.07, 6.45) is 1.02. The lowest BCUT2D eigenvalue weighted by Crippen LogP contribution is -2.53. The minimum Gasteiger partial charge on any atom is -0.480 e. The molecular weight excluding hydrogens is 306 g/mol. The molecular formula is C14H23N3O4S. The van der Waals surface area contributed by atoms with Crippen molar-refractivity contribution in [3.8, 4) is 0 Å². The van der Waals surface area contributed by atoms with Crippen LogP contribution in [0.4, 0.5) is 4.79 Å². The molecule has 0 radical (unpaired) electrons. The normalized spacial score (nSPS) is 14.2. The third kappa shape index (κ3) is 5.98. The highest BCUT2D eigenvalue weighted by molar-refractivity contribution is 7.09. The molecule has 1 aromatic rings. The van der Waals surface area contributed by atoms with E-state index in [1.807, 2.05) is 20.8 Å². The lowest BCUT2D eigenvalue weighted by Gasteiger charge is -2.30. The van der Waals surface area contributed by atoms with Crippen LogP contribution in [-0.4, -0.2) is 51.8 Å². The molecule has 0 bridgehead atoms. The molecule has 1 unspecified atom stereocenters. The molecule has 2 N–H and O–H groups in total. The monoisotopic (exact) mass is 329 g/mol. The van der Waals surface area contributed by atoms with Gasteiger partial charge >= 0.3 is 12.0 Å². The topological polar surface area (TPSA) is 91.8 Å². The quantitative estimate of drug-likeness (QED) is 0.832. The molecule has 0 saturated heterocycles. The minimum absolute atomic E-state index is 0.372. The number of thiazole rings is 1. The summed E-state index contributed by atoms with van der Waals surface area (Å²) in [5.41, 5.74) is 1.19. The summed E-state index contributed by atoms with van der Waals surface area (Å²) in [6.45, 7) is 7.51. The van der Waals surface area contributed by atoms with Crippen molar-refractivity contribution in [2.45, 2.75) is 52.0 Å². The Morgan fingerprint density at radius 1 is 1.50 bits per heavy atom.